The predicted octanol–water partition coefficient (Wildman–Crippen LogP) is 2.38. The Kier molecular flexibility index (Phi) is 6.36. The van der Waals surface area contributed by atoms with Gasteiger partial charge in [-0.05, 0) is 18.9 Å². The van der Waals surface area contributed by atoms with Crippen molar-refractivity contribution in [1.82, 2.24) is 20.2 Å². The second-order valence-corrected chi connectivity index (χ2v) is 8.46. The zero-order chi connectivity index (χ0) is 16.8. The molecule has 1 aliphatic carbocycles. The summed E-state index contributed by atoms with van der Waals surface area (Å²) < 4.78 is 0. The van der Waals surface area contributed by atoms with Crippen molar-refractivity contribution >= 4 is 17.7 Å². The van der Waals surface area contributed by atoms with E-state index in [0.717, 1.165) is 24.7 Å². The van der Waals surface area contributed by atoms with E-state index in [1.54, 1.807) is 0 Å². The molecule has 6 heteroatoms. The molecule has 0 radical (unpaired) electrons. The van der Waals surface area contributed by atoms with Gasteiger partial charge in [-0.2, -0.15) is 11.8 Å². The monoisotopic (exact) mass is 349 g/mol. The first-order valence-electron chi connectivity index (χ1n) is 9.22. The minimum Gasteiger partial charge on any atom is -0.347 e. The van der Waals surface area contributed by atoms with Crippen LogP contribution < -0.4 is 10.2 Å². The van der Waals surface area contributed by atoms with Gasteiger partial charge in [0.25, 0.3) is 0 Å². The Bertz CT molecular complexity index is 510. The first kappa shape index (κ1) is 18.0. The van der Waals surface area contributed by atoms with Crippen molar-refractivity contribution in [3.05, 3.63) is 18.0 Å². The predicted molar refractivity (Wildman–Crippen MR) is 103 cm³/mol. The van der Waals surface area contributed by atoms with Gasteiger partial charge in [0.1, 0.15) is 0 Å². The fraction of sp³-hybridized carbons (Fsp3) is 0.778. The Morgan fingerprint density at radius 3 is 2.67 bits per heavy atom. The second-order valence-electron chi connectivity index (χ2n) is 7.23. The van der Waals surface area contributed by atoms with E-state index in [0.29, 0.717) is 5.54 Å². The molecule has 5 nitrogen and oxygen atoms in total. The van der Waals surface area contributed by atoms with E-state index in [1.807, 2.05) is 31.3 Å². The van der Waals surface area contributed by atoms with Crippen molar-refractivity contribution in [2.75, 3.05) is 50.1 Å². The third-order valence-corrected chi connectivity index (χ3v) is 6.27. The molecule has 2 heterocycles. The first-order valence-corrected chi connectivity index (χ1v) is 10.4. The molecule has 0 bridgehead atoms. The van der Waals surface area contributed by atoms with Gasteiger partial charge < -0.3 is 10.2 Å². The summed E-state index contributed by atoms with van der Waals surface area (Å²) in [5, 5.41) is 3.72. The largest absolute Gasteiger partial charge is 0.347 e. The molecule has 24 heavy (non-hydrogen) atoms. The van der Waals surface area contributed by atoms with Crippen LogP contribution in [-0.2, 0) is 6.54 Å². The van der Waals surface area contributed by atoms with Gasteiger partial charge in [0.05, 0.1) is 5.69 Å². The lowest BCUT2D eigenvalue weighted by Crippen LogP contribution is -2.58. The normalized spacial score (nSPS) is 21.6. The average Bonchev–Trinajstić information content (AvgIpc) is 2.63. The summed E-state index contributed by atoms with van der Waals surface area (Å²) in [6.45, 7) is 4.42. The Balaban J connectivity index is 1.60. The van der Waals surface area contributed by atoms with Crippen LogP contribution in [0.2, 0.25) is 0 Å². The summed E-state index contributed by atoms with van der Waals surface area (Å²) in [5.74, 6) is 3.37. The van der Waals surface area contributed by atoms with E-state index in [-0.39, 0.29) is 0 Å². The molecule has 0 unspecified atom stereocenters. The molecule has 1 aromatic rings. The summed E-state index contributed by atoms with van der Waals surface area (Å²) in [4.78, 5) is 13.7. The fourth-order valence-corrected chi connectivity index (χ4v) is 4.88. The van der Waals surface area contributed by atoms with Gasteiger partial charge in [-0.15, -0.1) is 0 Å². The van der Waals surface area contributed by atoms with Gasteiger partial charge in [0.2, 0.25) is 5.95 Å². The van der Waals surface area contributed by atoms with Crippen LogP contribution in [0, 0.1) is 0 Å². The number of rotatable bonds is 6. The Morgan fingerprint density at radius 1 is 1.21 bits per heavy atom. The molecular weight excluding hydrogens is 318 g/mol. The number of nitrogens with one attached hydrogen (secondary N) is 1. The van der Waals surface area contributed by atoms with E-state index in [4.69, 9.17) is 0 Å². The summed E-state index contributed by atoms with van der Waals surface area (Å²) >= 11 is 2.10. The molecule has 1 saturated carbocycles. The lowest BCUT2D eigenvalue weighted by atomic mass is 9.80. The average molecular weight is 350 g/mol. The van der Waals surface area contributed by atoms with Crippen LogP contribution in [0.4, 0.5) is 5.95 Å². The smallest absolute Gasteiger partial charge is 0.225 e. The maximum Gasteiger partial charge on any atom is 0.225 e. The van der Waals surface area contributed by atoms with Crippen LogP contribution >= 0.6 is 11.8 Å². The van der Waals surface area contributed by atoms with E-state index in [2.05, 4.69) is 31.9 Å². The Labute approximate surface area is 150 Å². The van der Waals surface area contributed by atoms with Crippen molar-refractivity contribution < 1.29 is 0 Å². The van der Waals surface area contributed by atoms with Crippen molar-refractivity contribution in [1.29, 1.82) is 0 Å². The van der Waals surface area contributed by atoms with E-state index in [1.165, 1.54) is 56.7 Å². The molecule has 0 amide bonds. The number of anilines is 1. The Hall–Kier alpha value is -0.850. The van der Waals surface area contributed by atoms with Crippen LogP contribution in [-0.4, -0.2) is 65.6 Å². The van der Waals surface area contributed by atoms with Gasteiger partial charge in [0.15, 0.2) is 0 Å². The summed E-state index contributed by atoms with van der Waals surface area (Å²) in [7, 11) is 3.97. The topological polar surface area (TPSA) is 44.3 Å². The number of hydrogen-bond acceptors (Lipinski definition) is 6. The molecule has 0 atom stereocenters. The number of nitrogens with zero attached hydrogens (tertiary/aromatic N) is 4. The van der Waals surface area contributed by atoms with E-state index in [9.17, 15) is 0 Å². The lowest BCUT2D eigenvalue weighted by Gasteiger charge is -2.48. The van der Waals surface area contributed by atoms with E-state index >= 15 is 0 Å². The first-order chi connectivity index (χ1) is 11.7. The van der Waals surface area contributed by atoms with Crippen molar-refractivity contribution in [3.63, 3.8) is 0 Å². The third-order valence-electron chi connectivity index (χ3n) is 5.33. The van der Waals surface area contributed by atoms with Crippen molar-refractivity contribution in [2.24, 2.45) is 0 Å². The fourth-order valence-electron chi connectivity index (χ4n) is 3.97. The number of hydrogen-bond donors (Lipinski definition) is 1. The molecule has 1 N–H and O–H groups in total. The maximum absolute atomic E-state index is 4.63. The van der Waals surface area contributed by atoms with Gasteiger partial charge >= 0.3 is 0 Å². The van der Waals surface area contributed by atoms with Gasteiger partial charge in [0, 0.05) is 63.5 Å². The van der Waals surface area contributed by atoms with Crippen LogP contribution in [0.5, 0.6) is 0 Å². The van der Waals surface area contributed by atoms with Gasteiger partial charge in [-0.3, -0.25) is 4.90 Å². The molecule has 2 aliphatic rings. The molecule has 1 saturated heterocycles. The van der Waals surface area contributed by atoms with Crippen molar-refractivity contribution in [2.45, 2.75) is 44.2 Å². The highest BCUT2D eigenvalue weighted by Crippen LogP contribution is 2.34. The Morgan fingerprint density at radius 2 is 1.96 bits per heavy atom. The van der Waals surface area contributed by atoms with Gasteiger partial charge in [-0.1, -0.05) is 19.3 Å². The molecule has 1 aliphatic heterocycles. The highest BCUT2D eigenvalue weighted by Gasteiger charge is 2.37. The summed E-state index contributed by atoms with van der Waals surface area (Å²) in [6, 6.07) is 2.02. The molecule has 2 fully saturated rings. The van der Waals surface area contributed by atoms with Gasteiger partial charge in [-0.25, -0.2) is 9.97 Å². The van der Waals surface area contributed by atoms with Crippen LogP contribution in [0.15, 0.2) is 12.3 Å². The SMILES string of the molecule is CN(C)c1nccc(CNCC2(N3CCSCC3)CCCCC2)n1. The van der Waals surface area contributed by atoms with Crippen LogP contribution in [0.25, 0.3) is 0 Å². The van der Waals surface area contributed by atoms with Crippen LogP contribution in [0.3, 0.4) is 0 Å². The van der Waals surface area contributed by atoms with Crippen LogP contribution in [0.1, 0.15) is 37.8 Å². The molecule has 1 aromatic heterocycles. The standard InChI is InChI=1S/C18H31N5S/c1-22(2)17-20-9-6-16(21-17)14-19-15-18(7-4-3-5-8-18)23-10-12-24-13-11-23/h6,9,19H,3-5,7-8,10-15H2,1-2H3. The quantitative estimate of drug-likeness (QED) is 0.851. The summed E-state index contributed by atoms with van der Waals surface area (Å²) in [6.07, 6.45) is 8.71. The third kappa shape index (κ3) is 4.41. The molecule has 0 spiro atoms. The second kappa shape index (κ2) is 8.50. The zero-order valence-electron chi connectivity index (χ0n) is 15.1. The maximum atomic E-state index is 4.63. The molecular formula is C18H31N5S. The summed E-state index contributed by atoms with van der Waals surface area (Å²) in [5.41, 5.74) is 1.45. The highest BCUT2D eigenvalue weighted by molar-refractivity contribution is 7.99. The molecule has 3 rings (SSSR count). The number of aromatic nitrogens is 2. The minimum absolute atomic E-state index is 0.372. The molecule has 0 aromatic carbocycles. The lowest BCUT2D eigenvalue weighted by molar-refractivity contribution is 0.0583. The van der Waals surface area contributed by atoms with E-state index < -0.39 is 0 Å². The van der Waals surface area contributed by atoms with Crippen molar-refractivity contribution in [3.8, 4) is 0 Å². The number of thioether (sulfide) groups is 1. The highest BCUT2D eigenvalue weighted by atomic mass is 32.2. The zero-order valence-corrected chi connectivity index (χ0v) is 15.9. The minimum atomic E-state index is 0.372. The molecule has 134 valence electrons.